The van der Waals surface area contributed by atoms with Crippen LogP contribution >= 0.6 is 0 Å². The molecule has 2 N–H and O–H groups in total. The van der Waals surface area contributed by atoms with Crippen LogP contribution in [0, 0.1) is 11.3 Å². The highest BCUT2D eigenvalue weighted by atomic mass is 16.2. The van der Waals surface area contributed by atoms with Crippen LogP contribution in [0.3, 0.4) is 0 Å². The molecule has 2 aromatic rings. The zero-order valence-corrected chi connectivity index (χ0v) is 22.3. The molecule has 2 fully saturated rings. The van der Waals surface area contributed by atoms with Crippen LogP contribution in [0.25, 0.3) is 0 Å². The Morgan fingerprint density at radius 2 is 1.81 bits per heavy atom. The third-order valence-electron chi connectivity index (χ3n) is 7.20. The molecule has 2 aliphatic rings. The van der Waals surface area contributed by atoms with Gasteiger partial charge in [0.25, 0.3) is 0 Å². The fourth-order valence-electron chi connectivity index (χ4n) is 4.72. The van der Waals surface area contributed by atoms with E-state index in [4.69, 9.17) is 0 Å². The van der Waals surface area contributed by atoms with Gasteiger partial charge in [0.2, 0.25) is 11.9 Å². The van der Waals surface area contributed by atoms with Crippen molar-refractivity contribution in [2.75, 3.05) is 88.5 Å². The summed E-state index contributed by atoms with van der Waals surface area (Å²) in [5.74, 6) is 1.17. The highest BCUT2D eigenvalue weighted by molar-refractivity contribution is 5.76. The molecule has 0 radical (unpaired) electrons. The van der Waals surface area contributed by atoms with Gasteiger partial charge < -0.3 is 30.2 Å². The zero-order valence-electron chi connectivity index (χ0n) is 22.3. The molecule has 10 heteroatoms. The SMILES string of the molecule is CCc1cc(N2CCN(C)CC2)ccc1Nc1ncc(C#N)c(NCCCN2CCN(C)CCC2=O)n1. The van der Waals surface area contributed by atoms with Crippen molar-refractivity contribution in [2.24, 2.45) is 0 Å². The predicted octanol–water partition coefficient (Wildman–Crippen LogP) is 2.37. The third-order valence-corrected chi connectivity index (χ3v) is 7.20. The third kappa shape index (κ3) is 7.08. The van der Waals surface area contributed by atoms with Gasteiger partial charge in [0.15, 0.2) is 0 Å². The van der Waals surface area contributed by atoms with Gasteiger partial charge >= 0.3 is 0 Å². The Balaban J connectivity index is 1.37. The number of nitrogens with one attached hydrogen (secondary N) is 2. The molecule has 0 saturated carbocycles. The summed E-state index contributed by atoms with van der Waals surface area (Å²) in [6.45, 7) is 10.1. The average molecular weight is 506 g/mol. The van der Waals surface area contributed by atoms with Crippen molar-refractivity contribution >= 4 is 29.0 Å². The van der Waals surface area contributed by atoms with Gasteiger partial charge in [-0.3, -0.25) is 4.79 Å². The van der Waals surface area contributed by atoms with Crippen LogP contribution in [0.5, 0.6) is 0 Å². The van der Waals surface area contributed by atoms with E-state index in [-0.39, 0.29) is 5.91 Å². The van der Waals surface area contributed by atoms with Crippen molar-refractivity contribution < 1.29 is 4.79 Å². The first kappa shape index (κ1) is 26.6. The molecule has 0 unspecified atom stereocenters. The number of piperazine rings is 1. The molecule has 198 valence electrons. The number of anilines is 4. The lowest BCUT2D eigenvalue weighted by atomic mass is 10.1. The molecule has 10 nitrogen and oxygen atoms in total. The average Bonchev–Trinajstić information content (AvgIpc) is 3.07. The smallest absolute Gasteiger partial charge is 0.229 e. The van der Waals surface area contributed by atoms with Gasteiger partial charge in [-0.05, 0) is 50.7 Å². The minimum Gasteiger partial charge on any atom is -0.369 e. The molecule has 0 bridgehead atoms. The lowest BCUT2D eigenvalue weighted by Gasteiger charge is -2.34. The second-order valence-electron chi connectivity index (χ2n) is 9.89. The van der Waals surface area contributed by atoms with Gasteiger partial charge in [0.1, 0.15) is 17.5 Å². The number of aromatic nitrogens is 2. The van der Waals surface area contributed by atoms with Crippen LogP contribution in [0.4, 0.5) is 23.1 Å². The number of benzene rings is 1. The van der Waals surface area contributed by atoms with E-state index in [1.165, 1.54) is 11.3 Å². The molecule has 0 atom stereocenters. The number of carbonyl (C=O) groups is 1. The van der Waals surface area contributed by atoms with Gasteiger partial charge in [-0.2, -0.15) is 10.2 Å². The molecule has 0 aliphatic carbocycles. The van der Waals surface area contributed by atoms with E-state index in [1.807, 2.05) is 11.9 Å². The molecule has 3 heterocycles. The topological polar surface area (TPSA) is 104 Å². The number of aryl methyl sites for hydroxylation is 1. The maximum absolute atomic E-state index is 12.3. The monoisotopic (exact) mass is 505 g/mol. The molecule has 4 rings (SSSR count). The van der Waals surface area contributed by atoms with Crippen molar-refractivity contribution in [3.05, 3.63) is 35.5 Å². The van der Waals surface area contributed by atoms with E-state index in [1.54, 1.807) is 6.20 Å². The summed E-state index contributed by atoms with van der Waals surface area (Å²) in [5, 5.41) is 16.2. The van der Waals surface area contributed by atoms with Crippen LogP contribution < -0.4 is 15.5 Å². The number of amides is 1. The lowest BCUT2D eigenvalue weighted by Crippen LogP contribution is -2.44. The van der Waals surface area contributed by atoms with E-state index >= 15 is 0 Å². The van der Waals surface area contributed by atoms with Crippen molar-refractivity contribution in [1.29, 1.82) is 5.26 Å². The lowest BCUT2D eigenvalue weighted by molar-refractivity contribution is -0.130. The summed E-state index contributed by atoms with van der Waals surface area (Å²) in [4.78, 5) is 30.2. The zero-order chi connectivity index (χ0) is 26.2. The van der Waals surface area contributed by atoms with Crippen LogP contribution in [0.1, 0.15) is 30.9 Å². The van der Waals surface area contributed by atoms with Crippen LogP contribution in [0.2, 0.25) is 0 Å². The molecule has 1 aromatic carbocycles. The van der Waals surface area contributed by atoms with Crippen LogP contribution in [-0.2, 0) is 11.2 Å². The summed E-state index contributed by atoms with van der Waals surface area (Å²) in [7, 11) is 4.21. The van der Waals surface area contributed by atoms with Gasteiger partial charge in [0, 0.05) is 76.7 Å². The number of rotatable bonds is 9. The minimum absolute atomic E-state index is 0.209. The van der Waals surface area contributed by atoms with Gasteiger partial charge in [-0.15, -0.1) is 0 Å². The summed E-state index contributed by atoms with van der Waals surface area (Å²) >= 11 is 0. The standard InChI is InChI=1S/C27H39N9O/c1-4-21-18-23(35-15-12-34(3)13-16-35)6-7-24(21)31-27-30-20-22(19-28)26(32-27)29-9-5-10-36-17-14-33(2)11-8-25(36)37/h6-7,18,20H,4-5,8-17H2,1-3H3,(H2,29,30,31,32). The Morgan fingerprint density at radius 1 is 1.05 bits per heavy atom. The van der Waals surface area contributed by atoms with Crippen LogP contribution in [-0.4, -0.2) is 104 Å². The normalized spacial score (nSPS) is 17.4. The van der Waals surface area contributed by atoms with Crippen molar-refractivity contribution in [3.8, 4) is 6.07 Å². The van der Waals surface area contributed by atoms with Gasteiger partial charge in [0.05, 0.1) is 6.20 Å². The first-order valence-corrected chi connectivity index (χ1v) is 13.3. The Bertz CT molecular complexity index is 1110. The van der Waals surface area contributed by atoms with E-state index in [0.29, 0.717) is 36.8 Å². The van der Waals surface area contributed by atoms with E-state index in [2.05, 4.69) is 73.5 Å². The highest BCUT2D eigenvalue weighted by Gasteiger charge is 2.19. The summed E-state index contributed by atoms with van der Waals surface area (Å²) < 4.78 is 0. The Hall–Kier alpha value is -3.42. The molecule has 37 heavy (non-hydrogen) atoms. The highest BCUT2D eigenvalue weighted by Crippen LogP contribution is 2.27. The molecule has 0 spiro atoms. The van der Waals surface area contributed by atoms with E-state index in [0.717, 1.165) is 64.3 Å². The maximum Gasteiger partial charge on any atom is 0.229 e. The summed E-state index contributed by atoms with van der Waals surface area (Å²) in [6.07, 6.45) is 3.78. The molecule has 1 aromatic heterocycles. The second kappa shape index (κ2) is 12.7. The quantitative estimate of drug-likeness (QED) is 0.497. The number of likely N-dealkylation sites (N-methyl/N-ethyl adjacent to an activating group) is 2. The number of carbonyl (C=O) groups excluding carboxylic acids is 1. The van der Waals surface area contributed by atoms with E-state index in [9.17, 15) is 10.1 Å². The largest absolute Gasteiger partial charge is 0.369 e. The predicted molar refractivity (Wildman–Crippen MR) is 147 cm³/mol. The molecule has 2 saturated heterocycles. The fourth-order valence-corrected chi connectivity index (χ4v) is 4.72. The maximum atomic E-state index is 12.3. The van der Waals surface area contributed by atoms with Crippen LogP contribution in [0.15, 0.2) is 24.4 Å². The van der Waals surface area contributed by atoms with Gasteiger partial charge in [-0.25, -0.2) is 4.98 Å². The molecule has 2 aliphatic heterocycles. The van der Waals surface area contributed by atoms with Crippen molar-refractivity contribution in [3.63, 3.8) is 0 Å². The minimum atomic E-state index is 0.209. The number of hydrogen-bond donors (Lipinski definition) is 2. The molecular formula is C27H39N9O. The fraction of sp³-hybridized carbons (Fsp3) is 0.556. The summed E-state index contributed by atoms with van der Waals surface area (Å²) in [5.41, 5.74) is 3.82. The summed E-state index contributed by atoms with van der Waals surface area (Å²) in [6, 6.07) is 8.67. The Morgan fingerprint density at radius 3 is 2.57 bits per heavy atom. The molecule has 1 amide bonds. The Labute approximate surface area is 220 Å². The molecular weight excluding hydrogens is 466 g/mol. The number of nitrogens with zero attached hydrogens (tertiary/aromatic N) is 7. The van der Waals surface area contributed by atoms with Crippen molar-refractivity contribution in [2.45, 2.75) is 26.2 Å². The number of nitriles is 1. The van der Waals surface area contributed by atoms with Crippen molar-refractivity contribution in [1.82, 2.24) is 24.7 Å². The first-order chi connectivity index (χ1) is 18.0. The van der Waals surface area contributed by atoms with E-state index < -0.39 is 0 Å². The first-order valence-electron chi connectivity index (χ1n) is 13.3. The number of hydrogen-bond acceptors (Lipinski definition) is 9. The van der Waals surface area contributed by atoms with Gasteiger partial charge in [-0.1, -0.05) is 6.92 Å². The Kier molecular flexibility index (Phi) is 9.14. The second-order valence-corrected chi connectivity index (χ2v) is 9.89.